The maximum absolute atomic E-state index is 9.50. The van der Waals surface area contributed by atoms with Gasteiger partial charge in [0.15, 0.2) is 0 Å². The van der Waals surface area contributed by atoms with Crippen LogP contribution < -0.4 is 5.73 Å². The second-order valence-corrected chi connectivity index (χ2v) is 4.87. The van der Waals surface area contributed by atoms with Crippen LogP contribution in [0.4, 0.5) is 5.69 Å². The molecule has 2 rings (SSSR count). The Hall–Kier alpha value is -1.09. The van der Waals surface area contributed by atoms with Crippen molar-refractivity contribution in [3.05, 3.63) is 23.0 Å². The molecule has 16 heavy (non-hydrogen) atoms. The zero-order valence-corrected chi connectivity index (χ0v) is 10.0. The highest BCUT2D eigenvalue weighted by atomic mass is 16.3. The molecule has 1 aliphatic carbocycles. The summed E-state index contributed by atoms with van der Waals surface area (Å²) >= 11 is 0. The average molecular weight is 220 g/mol. The summed E-state index contributed by atoms with van der Waals surface area (Å²) < 4.78 is 0. The zero-order valence-electron chi connectivity index (χ0n) is 10.0. The van der Waals surface area contributed by atoms with Crippen LogP contribution in [0.15, 0.2) is 6.20 Å². The van der Waals surface area contributed by atoms with Crippen molar-refractivity contribution in [2.75, 3.05) is 5.73 Å². The third-order valence-corrected chi connectivity index (χ3v) is 3.69. The summed E-state index contributed by atoms with van der Waals surface area (Å²) in [5.74, 6) is 0.478. The van der Waals surface area contributed by atoms with E-state index in [0.29, 0.717) is 5.92 Å². The predicted octanol–water partition coefficient (Wildman–Crippen LogP) is 2.30. The molecule has 3 N–H and O–H groups in total. The molecule has 0 saturated heterocycles. The molecule has 1 fully saturated rings. The third kappa shape index (κ3) is 2.05. The molecule has 0 spiro atoms. The number of aliphatic hydroxyl groups excluding tert-OH is 1. The molecule has 1 aromatic rings. The van der Waals surface area contributed by atoms with Gasteiger partial charge in [-0.3, -0.25) is 4.98 Å². The fourth-order valence-corrected chi connectivity index (χ4v) is 2.53. The van der Waals surface area contributed by atoms with Crippen LogP contribution in [-0.2, 0) is 0 Å². The zero-order chi connectivity index (χ0) is 11.7. The van der Waals surface area contributed by atoms with E-state index in [-0.39, 0.29) is 6.10 Å². The Balaban J connectivity index is 2.24. The highest BCUT2D eigenvalue weighted by Crippen LogP contribution is 2.35. The van der Waals surface area contributed by atoms with E-state index in [1.54, 1.807) is 0 Å². The van der Waals surface area contributed by atoms with Gasteiger partial charge >= 0.3 is 0 Å². The lowest BCUT2D eigenvalue weighted by atomic mass is 9.83. The van der Waals surface area contributed by atoms with Crippen molar-refractivity contribution in [1.82, 2.24) is 4.98 Å². The molecule has 0 atom stereocenters. The highest BCUT2D eigenvalue weighted by Gasteiger charge is 2.23. The predicted molar refractivity (Wildman–Crippen MR) is 65.3 cm³/mol. The summed E-state index contributed by atoms with van der Waals surface area (Å²) in [6.45, 7) is 4.04. The van der Waals surface area contributed by atoms with E-state index in [0.717, 1.165) is 48.2 Å². The lowest BCUT2D eigenvalue weighted by Gasteiger charge is -2.26. The molecule has 0 bridgehead atoms. The minimum Gasteiger partial charge on any atom is -0.398 e. The Morgan fingerprint density at radius 2 is 1.88 bits per heavy atom. The van der Waals surface area contributed by atoms with Gasteiger partial charge in [0.05, 0.1) is 6.10 Å². The monoisotopic (exact) mass is 220 g/mol. The third-order valence-electron chi connectivity index (χ3n) is 3.69. The number of nitrogens with zero attached hydrogens (tertiary/aromatic N) is 1. The quantitative estimate of drug-likeness (QED) is 0.763. The van der Waals surface area contributed by atoms with Gasteiger partial charge in [-0.2, -0.15) is 0 Å². The van der Waals surface area contributed by atoms with Gasteiger partial charge in [0, 0.05) is 23.5 Å². The van der Waals surface area contributed by atoms with Crippen molar-refractivity contribution in [3.8, 4) is 0 Å². The maximum atomic E-state index is 9.50. The number of aryl methyl sites for hydroxylation is 1. The Morgan fingerprint density at radius 3 is 2.50 bits per heavy atom. The number of aromatic nitrogens is 1. The molecule has 1 aliphatic rings. The standard InChI is InChI=1S/C13H20N2O/c1-8-7-15-13(9(2)12(8)14)10-3-5-11(16)6-4-10/h7,10-11,16H,3-6H2,1-2H3,(H2,14,15). The molecule has 3 heteroatoms. The van der Waals surface area contributed by atoms with Gasteiger partial charge in [0.2, 0.25) is 0 Å². The van der Waals surface area contributed by atoms with Crippen LogP contribution in [0.25, 0.3) is 0 Å². The lowest BCUT2D eigenvalue weighted by molar-refractivity contribution is 0.122. The molecule has 1 saturated carbocycles. The van der Waals surface area contributed by atoms with Crippen molar-refractivity contribution in [1.29, 1.82) is 0 Å². The van der Waals surface area contributed by atoms with Crippen LogP contribution in [0.2, 0.25) is 0 Å². The first-order valence-corrected chi connectivity index (χ1v) is 5.99. The largest absolute Gasteiger partial charge is 0.398 e. The molecule has 0 amide bonds. The maximum Gasteiger partial charge on any atom is 0.0540 e. The molecule has 1 heterocycles. The Bertz CT molecular complexity index is 382. The van der Waals surface area contributed by atoms with Gasteiger partial charge in [0.1, 0.15) is 0 Å². The van der Waals surface area contributed by atoms with Crippen LogP contribution in [0.5, 0.6) is 0 Å². The van der Waals surface area contributed by atoms with Crippen molar-refractivity contribution >= 4 is 5.69 Å². The molecule has 0 radical (unpaired) electrons. The van der Waals surface area contributed by atoms with Crippen molar-refractivity contribution in [2.24, 2.45) is 0 Å². The fraction of sp³-hybridized carbons (Fsp3) is 0.615. The second kappa shape index (κ2) is 4.42. The first kappa shape index (κ1) is 11.4. The van der Waals surface area contributed by atoms with E-state index in [1.807, 2.05) is 13.1 Å². The number of pyridine rings is 1. The molecule has 0 unspecified atom stereocenters. The van der Waals surface area contributed by atoms with Crippen LogP contribution in [0.1, 0.15) is 48.4 Å². The van der Waals surface area contributed by atoms with E-state index in [4.69, 9.17) is 5.73 Å². The van der Waals surface area contributed by atoms with Gasteiger partial charge in [-0.25, -0.2) is 0 Å². The molecule has 1 aromatic heterocycles. The first-order valence-electron chi connectivity index (χ1n) is 5.99. The van der Waals surface area contributed by atoms with E-state index >= 15 is 0 Å². The number of hydrogen-bond donors (Lipinski definition) is 2. The van der Waals surface area contributed by atoms with E-state index in [1.165, 1.54) is 0 Å². The number of aliphatic hydroxyl groups is 1. The molecule has 88 valence electrons. The summed E-state index contributed by atoms with van der Waals surface area (Å²) in [5, 5.41) is 9.50. The normalized spacial score (nSPS) is 25.7. The molecule has 0 aliphatic heterocycles. The smallest absolute Gasteiger partial charge is 0.0540 e. The SMILES string of the molecule is Cc1cnc(C2CCC(O)CC2)c(C)c1N. The summed E-state index contributed by atoms with van der Waals surface area (Å²) in [6, 6.07) is 0. The highest BCUT2D eigenvalue weighted by molar-refractivity contribution is 5.53. The van der Waals surface area contributed by atoms with Gasteiger partial charge < -0.3 is 10.8 Å². The number of nitrogens with two attached hydrogens (primary N) is 1. The number of hydrogen-bond acceptors (Lipinski definition) is 3. The molecular formula is C13H20N2O. The number of nitrogen functional groups attached to an aromatic ring is 1. The van der Waals surface area contributed by atoms with Gasteiger partial charge in [-0.05, 0) is 50.7 Å². The minimum absolute atomic E-state index is 0.112. The summed E-state index contributed by atoms with van der Waals surface area (Å²) in [7, 11) is 0. The van der Waals surface area contributed by atoms with Gasteiger partial charge in [-0.15, -0.1) is 0 Å². The van der Waals surface area contributed by atoms with E-state index < -0.39 is 0 Å². The second-order valence-electron chi connectivity index (χ2n) is 4.87. The number of anilines is 1. The minimum atomic E-state index is -0.112. The lowest BCUT2D eigenvalue weighted by Crippen LogP contribution is -2.18. The summed E-state index contributed by atoms with van der Waals surface area (Å²) in [4.78, 5) is 4.53. The Morgan fingerprint density at radius 1 is 1.25 bits per heavy atom. The van der Waals surface area contributed by atoms with Gasteiger partial charge in [0.25, 0.3) is 0 Å². The van der Waals surface area contributed by atoms with E-state index in [9.17, 15) is 5.11 Å². The topological polar surface area (TPSA) is 59.1 Å². The van der Waals surface area contributed by atoms with Crippen molar-refractivity contribution in [2.45, 2.75) is 51.6 Å². The van der Waals surface area contributed by atoms with Crippen LogP contribution >= 0.6 is 0 Å². The van der Waals surface area contributed by atoms with Gasteiger partial charge in [-0.1, -0.05) is 0 Å². The van der Waals surface area contributed by atoms with E-state index in [2.05, 4.69) is 11.9 Å². The average Bonchev–Trinajstić information content (AvgIpc) is 2.28. The van der Waals surface area contributed by atoms with Crippen molar-refractivity contribution < 1.29 is 5.11 Å². The Kier molecular flexibility index (Phi) is 3.15. The van der Waals surface area contributed by atoms with Crippen LogP contribution in [0, 0.1) is 13.8 Å². The summed E-state index contributed by atoms with van der Waals surface area (Å²) in [6.07, 6.45) is 5.58. The molecule has 3 nitrogen and oxygen atoms in total. The summed E-state index contributed by atoms with van der Waals surface area (Å²) in [5.41, 5.74) is 10.2. The molecule has 0 aromatic carbocycles. The molecular weight excluding hydrogens is 200 g/mol. The fourth-order valence-electron chi connectivity index (χ4n) is 2.53. The Labute approximate surface area is 96.7 Å². The first-order chi connectivity index (χ1) is 7.59. The van der Waals surface area contributed by atoms with Crippen LogP contribution in [0.3, 0.4) is 0 Å². The number of rotatable bonds is 1. The van der Waals surface area contributed by atoms with Crippen LogP contribution in [-0.4, -0.2) is 16.2 Å². The van der Waals surface area contributed by atoms with Crippen molar-refractivity contribution in [3.63, 3.8) is 0 Å².